The van der Waals surface area contributed by atoms with E-state index in [0.717, 1.165) is 38.3 Å². The van der Waals surface area contributed by atoms with Crippen LogP contribution in [0.5, 0.6) is 5.75 Å². The standard InChI is InChI=1S/C24H31N3O2/c28-24(21-8-4-12-25-16-21)26-15-20-7-5-13-27(18-20)17-19-6-3-11-23(14-19)29-22-9-1-2-10-22/h3-4,6,8,11-12,14,16,20,22H,1-2,5,7,9-10,13,15,17-18H2,(H,26,28). The number of rotatable bonds is 7. The fourth-order valence-corrected chi connectivity index (χ4v) is 4.47. The van der Waals surface area contributed by atoms with E-state index in [0.29, 0.717) is 17.6 Å². The predicted molar refractivity (Wildman–Crippen MR) is 114 cm³/mol. The minimum absolute atomic E-state index is 0.0352. The molecule has 0 bridgehead atoms. The molecule has 1 N–H and O–H groups in total. The van der Waals surface area contributed by atoms with Gasteiger partial charge in [0.15, 0.2) is 0 Å². The first-order valence-corrected chi connectivity index (χ1v) is 10.9. The fourth-order valence-electron chi connectivity index (χ4n) is 4.47. The van der Waals surface area contributed by atoms with Gasteiger partial charge in [-0.3, -0.25) is 14.7 Å². The second-order valence-corrected chi connectivity index (χ2v) is 8.37. The zero-order valence-corrected chi connectivity index (χ0v) is 17.1. The van der Waals surface area contributed by atoms with Gasteiger partial charge >= 0.3 is 0 Å². The van der Waals surface area contributed by atoms with Crippen LogP contribution in [0.4, 0.5) is 0 Å². The first-order valence-electron chi connectivity index (χ1n) is 10.9. The van der Waals surface area contributed by atoms with Crippen molar-refractivity contribution in [2.24, 2.45) is 5.92 Å². The lowest BCUT2D eigenvalue weighted by Gasteiger charge is -2.33. The van der Waals surface area contributed by atoms with Crippen molar-refractivity contribution in [1.82, 2.24) is 15.2 Å². The van der Waals surface area contributed by atoms with Crippen LogP contribution in [0.1, 0.15) is 54.4 Å². The summed E-state index contributed by atoms with van der Waals surface area (Å²) in [6, 6.07) is 12.2. The lowest BCUT2D eigenvalue weighted by atomic mass is 9.97. The summed E-state index contributed by atoms with van der Waals surface area (Å²) >= 11 is 0. The number of ether oxygens (including phenoxy) is 1. The molecule has 5 heteroatoms. The van der Waals surface area contributed by atoms with Crippen LogP contribution in [0.15, 0.2) is 48.8 Å². The first kappa shape index (κ1) is 19.9. The van der Waals surface area contributed by atoms with Crippen molar-refractivity contribution in [3.63, 3.8) is 0 Å². The number of carbonyl (C=O) groups is 1. The molecule has 1 aromatic heterocycles. The Kier molecular flexibility index (Phi) is 6.78. The Morgan fingerprint density at radius 3 is 2.86 bits per heavy atom. The van der Waals surface area contributed by atoms with Gasteiger partial charge in [0.2, 0.25) is 0 Å². The number of nitrogens with one attached hydrogen (secondary N) is 1. The van der Waals surface area contributed by atoms with E-state index in [1.165, 1.54) is 37.7 Å². The maximum absolute atomic E-state index is 12.3. The number of aromatic nitrogens is 1. The molecule has 2 heterocycles. The zero-order valence-electron chi connectivity index (χ0n) is 17.1. The molecule has 2 fully saturated rings. The molecule has 4 rings (SSSR count). The quantitative estimate of drug-likeness (QED) is 0.771. The van der Waals surface area contributed by atoms with Crippen LogP contribution >= 0.6 is 0 Å². The van der Waals surface area contributed by atoms with Gasteiger partial charge in [-0.2, -0.15) is 0 Å². The third-order valence-corrected chi connectivity index (χ3v) is 5.99. The molecule has 0 radical (unpaired) electrons. The van der Waals surface area contributed by atoms with E-state index in [4.69, 9.17) is 4.74 Å². The minimum atomic E-state index is -0.0352. The summed E-state index contributed by atoms with van der Waals surface area (Å²) in [7, 11) is 0. The fraction of sp³-hybridized carbons (Fsp3) is 0.500. The summed E-state index contributed by atoms with van der Waals surface area (Å²) < 4.78 is 6.16. The summed E-state index contributed by atoms with van der Waals surface area (Å²) in [5.74, 6) is 1.46. The molecule has 1 aliphatic carbocycles. The van der Waals surface area contributed by atoms with Crippen molar-refractivity contribution in [3.05, 3.63) is 59.9 Å². The Hall–Kier alpha value is -2.40. The molecule has 1 aliphatic heterocycles. The summed E-state index contributed by atoms with van der Waals surface area (Å²) in [5.41, 5.74) is 1.93. The smallest absolute Gasteiger partial charge is 0.252 e. The molecule has 1 aromatic carbocycles. The van der Waals surface area contributed by atoms with Gasteiger partial charge in [0.25, 0.3) is 5.91 Å². The Morgan fingerprint density at radius 2 is 2.03 bits per heavy atom. The van der Waals surface area contributed by atoms with E-state index in [1.807, 2.05) is 0 Å². The van der Waals surface area contributed by atoms with Crippen LogP contribution in [-0.2, 0) is 6.54 Å². The predicted octanol–water partition coefficient (Wildman–Crippen LogP) is 4.05. The maximum atomic E-state index is 12.3. The Labute approximate surface area is 173 Å². The van der Waals surface area contributed by atoms with Gasteiger partial charge in [0.1, 0.15) is 5.75 Å². The molecule has 1 amide bonds. The number of piperidine rings is 1. The first-order chi connectivity index (χ1) is 14.3. The maximum Gasteiger partial charge on any atom is 0.252 e. The normalized spacial score (nSPS) is 20.5. The molecule has 5 nitrogen and oxygen atoms in total. The number of likely N-dealkylation sites (tertiary alicyclic amines) is 1. The number of benzene rings is 1. The van der Waals surface area contributed by atoms with Gasteiger partial charge in [-0.15, -0.1) is 0 Å². The van der Waals surface area contributed by atoms with Crippen LogP contribution in [-0.4, -0.2) is 41.5 Å². The molecule has 1 saturated carbocycles. The van der Waals surface area contributed by atoms with E-state index >= 15 is 0 Å². The highest BCUT2D eigenvalue weighted by Crippen LogP contribution is 2.25. The molecular weight excluding hydrogens is 362 g/mol. The van der Waals surface area contributed by atoms with Crippen molar-refractivity contribution < 1.29 is 9.53 Å². The third-order valence-electron chi connectivity index (χ3n) is 5.99. The van der Waals surface area contributed by atoms with Gasteiger partial charge in [0.05, 0.1) is 11.7 Å². The van der Waals surface area contributed by atoms with Crippen LogP contribution in [0.25, 0.3) is 0 Å². The largest absolute Gasteiger partial charge is 0.490 e. The van der Waals surface area contributed by atoms with E-state index in [9.17, 15) is 4.79 Å². The average Bonchev–Trinajstić information content (AvgIpc) is 3.26. The Morgan fingerprint density at radius 1 is 1.14 bits per heavy atom. The number of hydrogen-bond donors (Lipinski definition) is 1. The topological polar surface area (TPSA) is 54.5 Å². The Balaban J connectivity index is 1.27. The summed E-state index contributed by atoms with van der Waals surface area (Å²) in [5, 5.41) is 3.08. The molecule has 2 aromatic rings. The minimum Gasteiger partial charge on any atom is -0.490 e. The monoisotopic (exact) mass is 393 g/mol. The second kappa shape index (κ2) is 9.88. The van der Waals surface area contributed by atoms with Crippen LogP contribution in [0, 0.1) is 5.92 Å². The number of nitrogens with zero attached hydrogens (tertiary/aromatic N) is 2. The molecule has 1 unspecified atom stereocenters. The van der Waals surface area contributed by atoms with Gasteiger partial charge in [-0.1, -0.05) is 12.1 Å². The van der Waals surface area contributed by atoms with Crippen molar-refractivity contribution >= 4 is 5.91 Å². The van der Waals surface area contributed by atoms with Gasteiger partial charge < -0.3 is 10.1 Å². The van der Waals surface area contributed by atoms with E-state index in [1.54, 1.807) is 24.5 Å². The molecule has 29 heavy (non-hydrogen) atoms. The highest BCUT2D eigenvalue weighted by molar-refractivity contribution is 5.93. The molecule has 1 atom stereocenters. The van der Waals surface area contributed by atoms with Crippen LogP contribution in [0.3, 0.4) is 0 Å². The molecule has 0 spiro atoms. The highest BCUT2D eigenvalue weighted by Gasteiger charge is 2.21. The van der Waals surface area contributed by atoms with Crippen LogP contribution < -0.4 is 10.1 Å². The molecule has 2 aliphatic rings. The lowest BCUT2D eigenvalue weighted by Crippen LogP contribution is -2.40. The summed E-state index contributed by atoms with van der Waals surface area (Å²) in [6.07, 6.45) is 11.0. The highest BCUT2D eigenvalue weighted by atomic mass is 16.5. The number of carbonyl (C=O) groups excluding carboxylic acids is 1. The number of pyridine rings is 1. The molecule has 1 saturated heterocycles. The van der Waals surface area contributed by atoms with Gasteiger partial charge in [-0.05, 0) is 80.8 Å². The van der Waals surface area contributed by atoms with Gasteiger partial charge in [0, 0.05) is 32.0 Å². The van der Waals surface area contributed by atoms with Gasteiger partial charge in [-0.25, -0.2) is 0 Å². The lowest BCUT2D eigenvalue weighted by molar-refractivity contribution is 0.0930. The molecular formula is C24H31N3O2. The number of hydrogen-bond acceptors (Lipinski definition) is 4. The summed E-state index contributed by atoms with van der Waals surface area (Å²) in [6.45, 7) is 3.78. The second-order valence-electron chi connectivity index (χ2n) is 8.37. The van der Waals surface area contributed by atoms with Crippen molar-refractivity contribution in [3.8, 4) is 5.75 Å². The van der Waals surface area contributed by atoms with Crippen LogP contribution in [0.2, 0.25) is 0 Å². The van der Waals surface area contributed by atoms with E-state index in [-0.39, 0.29) is 5.91 Å². The number of amides is 1. The van der Waals surface area contributed by atoms with E-state index in [2.05, 4.69) is 39.5 Å². The van der Waals surface area contributed by atoms with Crippen molar-refractivity contribution in [1.29, 1.82) is 0 Å². The Bertz CT molecular complexity index is 790. The van der Waals surface area contributed by atoms with E-state index < -0.39 is 0 Å². The van der Waals surface area contributed by atoms with Crippen molar-refractivity contribution in [2.75, 3.05) is 19.6 Å². The zero-order chi connectivity index (χ0) is 19.9. The average molecular weight is 394 g/mol. The summed E-state index contributed by atoms with van der Waals surface area (Å²) in [4.78, 5) is 18.8. The molecule has 154 valence electrons. The van der Waals surface area contributed by atoms with Crippen molar-refractivity contribution in [2.45, 2.75) is 51.2 Å². The SMILES string of the molecule is O=C(NCC1CCCN(Cc2cccc(OC3CCCC3)c2)C1)c1cccnc1. The third kappa shape index (κ3) is 5.80.